The molecule has 10 heavy (non-hydrogen) atoms. The van der Waals surface area contributed by atoms with Gasteiger partial charge in [0.05, 0.1) is 0 Å². The topological polar surface area (TPSA) is 20.2 Å². The van der Waals surface area contributed by atoms with E-state index in [1.807, 2.05) is 26.0 Å². The van der Waals surface area contributed by atoms with Crippen molar-refractivity contribution in [2.75, 3.05) is 0 Å². The average molecular weight is 130 g/mol. The second-order valence-corrected chi connectivity index (χ2v) is 2.29. The normalized spacial score (nSPS) is 8.60. The second kappa shape index (κ2) is 3.70. The molecule has 1 rings (SSSR count). The van der Waals surface area contributed by atoms with Crippen LogP contribution in [0.3, 0.4) is 0 Å². The molecule has 1 nitrogen and oxygen atoms in total. The number of phenolic OH excluding ortho intramolecular Hbond substituents is 1. The summed E-state index contributed by atoms with van der Waals surface area (Å²) in [4.78, 5) is 0. The van der Waals surface area contributed by atoms with Crippen molar-refractivity contribution < 1.29 is 5.11 Å². The van der Waals surface area contributed by atoms with Gasteiger partial charge in [-0.2, -0.15) is 0 Å². The fourth-order valence-corrected chi connectivity index (χ4v) is 0.719. The summed E-state index contributed by atoms with van der Waals surface area (Å²) in [5.74, 6) is 0.384. The van der Waals surface area contributed by atoms with Crippen molar-refractivity contribution in [3.05, 3.63) is 29.3 Å². The predicted molar refractivity (Wildman–Crippen MR) is 44.7 cm³/mol. The Balaban J connectivity index is 0.000000810. The first kappa shape index (κ1) is 9.62. The van der Waals surface area contributed by atoms with Crippen LogP contribution in [-0.4, -0.2) is 24.0 Å². The molecule has 0 aromatic heterocycles. The average Bonchev–Trinajstić information content (AvgIpc) is 1.80. The maximum atomic E-state index is 9.10. The van der Waals surface area contributed by atoms with Gasteiger partial charge < -0.3 is 5.11 Å². The minimum absolute atomic E-state index is 0. The van der Waals surface area contributed by atoms with Gasteiger partial charge in [0.1, 0.15) is 5.75 Å². The van der Waals surface area contributed by atoms with Crippen molar-refractivity contribution in [1.82, 2.24) is 0 Å². The first-order chi connectivity index (χ1) is 4.20. The van der Waals surface area contributed by atoms with E-state index in [9.17, 15) is 0 Å². The maximum absolute atomic E-state index is 9.10. The molecular formula is C8H11LiO. The molecule has 0 aliphatic rings. The summed E-state index contributed by atoms with van der Waals surface area (Å²) in [5, 5.41) is 9.10. The standard InChI is InChI=1S/C8H10O.Li.H/c1-6-3-4-7(2)8(9)5-6;;/h3-5,9H,1-2H3;;. The third-order valence-corrected chi connectivity index (χ3v) is 1.36. The van der Waals surface area contributed by atoms with E-state index in [-0.39, 0.29) is 18.9 Å². The molecule has 0 bridgehead atoms. The fraction of sp³-hybridized carbons (Fsp3) is 0.250. The Kier molecular flexibility index (Phi) is 3.56. The molecule has 0 heterocycles. The molecule has 0 saturated heterocycles. The molecule has 0 atom stereocenters. The summed E-state index contributed by atoms with van der Waals surface area (Å²) in [6.45, 7) is 3.84. The second-order valence-electron chi connectivity index (χ2n) is 2.29. The van der Waals surface area contributed by atoms with Crippen LogP contribution in [0.4, 0.5) is 0 Å². The van der Waals surface area contributed by atoms with Crippen molar-refractivity contribution in [2.45, 2.75) is 13.8 Å². The van der Waals surface area contributed by atoms with Gasteiger partial charge in [-0.05, 0) is 31.0 Å². The van der Waals surface area contributed by atoms with Crippen LogP contribution >= 0.6 is 0 Å². The van der Waals surface area contributed by atoms with Gasteiger partial charge in [0.25, 0.3) is 0 Å². The molecule has 0 fully saturated rings. The van der Waals surface area contributed by atoms with Gasteiger partial charge in [0.2, 0.25) is 0 Å². The number of benzene rings is 1. The van der Waals surface area contributed by atoms with E-state index >= 15 is 0 Å². The van der Waals surface area contributed by atoms with Gasteiger partial charge >= 0.3 is 18.9 Å². The van der Waals surface area contributed by atoms with E-state index < -0.39 is 0 Å². The van der Waals surface area contributed by atoms with Crippen LogP contribution in [0.15, 0.2) is 18.2 Å². The zero-order chi connectivity index (χ0) is 6.85. The first-order valence-electron chi connectivity index (χ1n) is 2.96. The summed E-state index contributed by atoms with van der Waals surface area (Å²) < 4.78 is 0. The van der Waals surface area contributed by atoms with Crippen LogP contribution in [0.2, 0.25) is 0 Å². The van der Waals surface area contributed by atoms with E-state index in [1.54, 1.807) is 6.07 Å². The van der Waals surface area contributed by atoms with E-state index in [4.69, 9.17) is 5.11 Å². The van der Waals surface area contributed by atoms with Gasteiger partial charge in [-0.15, -0.1) is 0 Å². The SMILES string of the molecule is Cc1ccc(C)c(O)c1.[LiH]. The Hall–Kier alpha value is -0.383. The quantitative estimate of drug-likeness (QED) is 0.526. The summed E-state index contributed by atoms with van der Waals surface area (Å²) in [5.41, 5.74) is 2.03. The van der Waals surface area contributed by atoms with Gasteiger partial charge in [0, 0.05) is 0 Å². The Morgan fingerprint density at radius 3 is 2.20 bits per heavy atom. The molecule has 50 valence electrons. The number of rotatable bonds is 0. The minimum atomic E-state index is 0. The molecule has 0 amide bonds. The zero-order valence-electron chi connectivity index (χ0n) is 5.68. The Bertz CT molecular complexity index is 220. The van der Waals surface area contributed by atoms with Crippen LogP contribution in [0.25, 0.3) is 0 Å². The number of aromatic hydroxyl groups is 1. The summed E-state index contributed by atoms with van der Waals surface area (Å²) in [7, 11) is 0. The van der Waals surface area contributed by atoms with Crippen LogP contribution in [0.1, 0.15) is 11.1 Å². The number of hydrogen-bond acceptors (Lipinski definition) is 1. The molecule has 0 saturated carbocycles. The third kappa shape index (κ3) is 2.10. The van der Waals surface area contributed by atoms with Gasteiger partial charge in [-0.25, -0.2) is 0 Å². The summed E-state index contributed by atoms with van der Waals surface area (Å²) in [6, 6.07) is 5.65. The monoisotopic (exact) mass is 130 g/mol. The summed E-state index contributed by atoms with van der Waals surface area (Å²) >= 11 is 0. The molecule has 0 aliphatic heterocycles. The molecule has 0 unspecified atom stereocenters. The molecule has 2 heteroatoms. The first-order valence-corrected chi connectivity index (χ1v) is 2.96. The molecule has 0 radical (unpaired) electrons. The van der Waals surface area contributed by atoms with Crippen molar-refractivity contribution in [2.24, 2.45) is 0 Å². The number of aryl methyl sites for hydroxylation is 2. The molecule has 1 aromatic rings. The third-order valence-electron chi connectivity index (χ3n) is 1.36. The van der Waals surface area contributed by atoms with Crippen molar-refractivity contribution in [1.29, 1.82) is 0 Å². The van der Waals surface area contributed by atoms with Crippen LogP contribution in [-0.2, 0) is 0 Å². The molecule has 1 aromatic carbocycles. The van der Waals surface area contributed by atoms with Crippen LogP contribution in [0, 0.1) is 13.8 Å². The van der Waals surface area contributed by atoms with E-state index in [0.29, 0.717) is 5.75 Å². The molecule has 1 N–H and O–H groups in total. The van der Waals surface area contributed by atoms with Crippen molar-refractivity contribution >= 4 is 18.9 Å². The Morgan fingerprint density at radius 2 is 1.80 bits per heavy atom. The van der Waals surface area contributed by atoms with Crippen LogP contribution in [0.5, 0.6) is 5.75 Å². The number of hydrogen-bond donors (Lipinski definition) is 1. The van der Waals surface area contributed by atoms with Gasteiger partial charge in [-0.1, -0.05) is 12.1 Å². The van der Waals surface area contributed by atoms with E-state index in [2.05, 4.69) is 0 Å². The van der Waals surface area contributed by atoms with Crippen molar-refractivity contribution in [3.8, 4) is 5.75 Å². The Morgan fingerprint density at radius 1 is 1.20 bits per heavy atom. The molecule has 0 aliphatic carbocycles. The summed E-state index contributed by atoms with van der Waals surface area (Å²) in [6.07, 6.45) is 0. The predicted octanol–water partition coefficient (Wildman–Crippen LogP) is 1.36. The van der Waals surface area contributed by atoms with Gasteiger partial charge in [-0.3, -0.25) is 0 Å². The molecule has 0 spiro atoms. The van der Waals surface area contributed by atoms with Crippen molar-refractivity contribution in [3.63, 3.8) is 0 Å². The Labute approximate surface area is 73.3 Å². The van der Waals surface area contributed by atoms with E-state index in [1.165, 1.54) is 0 Å². The zero-order valence-corrected chi connectivity index (χ0v) is 5.68. The fourth-order valence-electron chi connectivity index (χ4n) is 0.719. The van der Waals surface area contributed by atoms with Crippen LogP contribution < -0.4 is 0 Å². The molecular weight excluding hydrogens is 119 g/mol. The van der Waals surface area contributed by atoms with Gasteiger partial charge in [0.15, 0.2) is 0 Å². The van der Waals surface area contributed by atoms with E-state index in [0.717, 1.165) is 11.1 Å². The number of phenols is 1.